The van der Waals surface area contributed by atoms with Crippen molar-refractivity contribution in [2.24, 2.45) is 10.9 Å². The number of carbonyl (C=O) groups is 1. The van der Waals surface area contributed by atoms with Crippen molar-refractivity contribution in [3.63, 3.8) is 0 Å². The van der Waals surface area contributed by atoms with Crippen molar-refractivity contribution in [1.82, 2.24) is 25.3 Å². The Morgan fingerprint density at radius 1 is 1.18 bits per heavy atom. The molecule has 1 amide bonds. The average molecular weight is 445 g/mol. The number of aromatic nitrogens is 4. The van der Waals surface area contributed by atoms with E-state index in [2.05, 4.69) is 37.0 Å². The Bertz CT molecular complexity index is 1210. The summed E-state index contributed by atoms with van der Waals surface area (Å²) in [7, 11) is 1.79. The highest BCUT2D eigenvalue weighted by Crippen LogP contribution is 2.22. The van der Waals surface area contributed by atoms with Gasteiger partial charge in [0.25, 0.3) is 5.91 Å². The molecule has 1 aliphatic rings. The molecule has 5 N–H and O–H groups in total. The van der Waals surface area contributed by atoms with E-state index in [0.29, 0.717) is 5.56 Å². The third-order valence-electron chi connectivity index (χ3n) is 4.80. The topological polar surface area (TPSA) is 158 Å². The number of para-hydroxylation sites is 1. The fraction of sp³-hybridized carbons (Fsp3) is 0.182. The fourth-order valence-electron chi connectivity index (χ4n) is 2.90. The highest BCUT2D eigenvalue weighted by Gasteiger charge is 2.26. The van der Waals surface area contributed by atoms with Gasteiger partial charge in [-0.25, -0.2) is 0 Å². The van der Waals surface area contributed by atoms with E-state index in [4.69, 9.17) is 16.3 Å². The van der Waals surface area contributed by atoms with Crippen molar-refractivity contribution in [3.8, 4) is 0 Å². The molecule has 168 valence electrons. The number of carbonyl (C=O) groups excluding carboxylic acids is 1. The van der Waals surface area contributed by atoms with E-state index in [0.717, 1.165) is 18.5 Å². The van der Waals surface area contributed by atoms with Crippen molar-refractivity contribution < 1.29 is 9.63 Å². The lowest BCUT2D eigenvalue weighted by Gasteiger charge is -2.17. The van der Waals surface area contributed by atoms with Gasteiger partial charge in [0.05, 0.1) is 5.56 Å². The first-order valence-corrected chi connectivity index (χ1v) is 10.2. The first kappa shape index (κ1) is 21.7. The first-order valence-electron chi connectivity index (χ1n) is 10.2. The normalized spacial score (nSPS) is 13.3. The average Bonchev–Trinajstić information content (AvgIpc) is 3.66. The molecular weight excluding hydrogens is 422 g/mol. The maximum Gasteiger partial charge on any atom is 0.270 e. The molecule has 0 aliphatic heterocycles. The van der Waals surface area contributed by atoms with Crippen LogP contribution >= 0.6 is 0 Å². The van der Waals surface area contributed by atoms with E-state index < -0.39 is 0 Å². The number of amides is 1. The SMILES string of the molecule is C=C(O/N=C(\N)c1nc(N)nc(N(C)c2ccccc2)n1)c1cccnc1C(=O)NC1CC1. The van der Waals surface area contributed by atoms with Crippen molar-refractivity contribution >= 4 is 35.1 Å². The summed E-state index contributed by atoms with van der Waals surface area (Å²) in [5.41, 5.74) is 13.3. The lowest BCUT2D eigenvalue weighted by atomic mass is 10.1. The van der Waals surface area contributed by atoms with Crippen LogP contribution in [0.15, 0.2) is 60.4 Å². The number of oxime groups is 1. The van der Waals surface area contributed by atoms with Crippen LogP contribution in [0.2, 0.25) is 0 Å². The lowest BCUT2D eigenvalue weighted by Crippen LogP contribution is -2.27. The van der Waals surface area contributed by atoms with Gasteiger partial charge in [0.15, 0.2) is 5.76 Å². The van der Waals surface area contributed by atoms with Crippen LogP contribution in [0.1, 0.15) is 34.7 Å². The Balaban J connectivity index is 1.52. The number of nitrogen functional groups attached to an aromatic ring is 1. The van der Waals surface area contributed by atoms with E-state index in [1.807, 2.05) is 30.3 Å². The predicted molar refractivity (Wildman–Crippen MR) is 124 cm³/mol. The number of rotatable bonds is 8. The predicted octanol–water partition coefficient (Wildman–Crippen LogP) is 1.82. The largest absolute Gasteiger partial charge is 0.378 e. The number of hydrogen-bond acceptors (Lipinski definition) is 9. The van der Waals surface area contributed by atoms with Crippen molar-refractivity contribution in [2.45, 2.75) is 18.9 Å². The fourth-order valence-corrected chi connectivity index (χ4v) is 2.90. The van der Waals surface area contributed by atoms with E-state index in [-0.39, 0.29) is 47.0 Å². The van der Waals surface area contributed by atoms with Gasteiger partial charge in [-0.2, -0.15) is 15.0 Å². The Morgan fingerprint density at radius 2 is 1.94 bits per heavy atom. The van der Waals surface area contributed by atoms with Crippen LogP contribution in [0, 0.1) is 0 Å². The molecule has 4 rings (SSSR count). The van der Waals surface area contributed by atoms with Gasteiger partial charge < -0.3 is 26.5 Å². The Kier molecular flexibility index (Phi) is 6.11. The molecule has 33 heavy (non-hydrogen) atoms. The van der Waals surface area contributed by atoms with Gasteiger partial charge in [-0.3, -0.25) is 9.78 Å². The van der Waals surface area contributed by atoms with Gasteiger partial charge in [-0.1, -0.05) is 29.9 Å². The summed E-state index contributed by atoms with van der Waals surface area (Å²) in [6.07, 6.45) is 3.44. The second-order valence-corrected chi connectivity index (χ2v) is 7.35. The summed E-state index contributed by atoms with van der Waals surface area (Å²) in [6.45, 7) is 3.84. The molecule has 2 aromatic heterocycles. The zero-order valence-corrected chi connectivity index (χ0v) is 18.0. The molecule has 0 unspecified atom stereocenters. The van der Waals surface area contributed by atoms with Crippen LogP contribution < -0.4 is 21.7 Å². The number of nitrogens with one attached hydrogen (secondary N) is 1. The summed E-state index contributed by atoms with van der Waals surface area (Å²) < 4.78 is 0. The van der Waals surface area contributed by atoms with Gasteiger partial charge in [-0.15, -0.1) is 0 Å². The maximum absolute atomic E-state index is 12.5. The molecule has 2 heterocycles. The van der Waals surface area contributed by atoms with Crippen molar-refractivity contribution in [3.05, 3.63) is 72.3 Å². The number of pyridine rings is 1. The standard InChI is InChI=1S/C22H23N9O2/c1-13(16-9-6-12-25-17(16)20(32)26-14-10-11-14)33-30-18(23)19-27-21(24)29-22(28-19)31(2)15-7-4-3-5-8-15/h3-9,12,14H,1,10-11H2,2H3,(H2,23,30)(H,26,32)(H2,24,27,28,29). The highest BCUT2D eigenvalue weighted by atomic mass is 16.6. The molecule has 0 radical (unpaired) electrons. The van der Waals surface area contributed by atoms with E-state index >= 15 is 0 Å². The molecule has 0 saturated heterocycles. The summed E-state index contributed by atoms with van der Waals surface area (Å²) in [4.78, 5) is 36.2. The van der Waals surface area contributed by atoms with Crippen molar-refractivity contribution in [2.75, 3.05) is 17.7 Å². The van der Waals surface area contributed by atoms with Gasteiger partial charge >= 0.3 is 0 Å². The number of benzene rings is 1. The third kappa shape index (κ3) is 5.21. The minimum absolute atomic E-state index is 0.0268. The van der Waals surface area contributed by atoms with Gasteiger partial charge in [0.2, 0.25) is 23.6 Å². The Hall–Kier alpha value is -4.54. The summed E-state index contributed by atoms with van der Waals surface area (Å²) in [6, 6.07) is 13.0. The molecular formula is C22H23N9O2. The van der Waals surface area contributed by atoms with Crippen LogP contribution in [-0.2, 0) is 4.84 Å². The zero-order valence-electron chi connectivity index (χ0n) is 18.0. The second kappa shape index (κ2) is 9.30. The minimum Gasteiger partial charge on any atom is -0.378 e. The molecule has 1 aliphatic carbocycles. The van der Waals surface area contributed by atoms with E-state index in [1.54, 1.807) is 24.1 Å². The van der Waals surface area contributed by atoms with Crippen molar-refractivity contribution in [1.29, 1.82) is 0 Å². The van der Waals surface area contributed by atoms with Gasteiger partial charge in [0, 0.05) is 25.0 Å². The molecule has 11 heteroatoms. The smallest absolute Gasteiger partial charge is 0.270 e. The van der Waals surface area contributed by atoms with Gasteiger partial charge in [-0.05, 0) is 37.1 Å². The van der Waals surface area contributed by atoms with Crippen LogP contribution in [-0.4, -0.2) is 44.8 Å². The summed E-state index contributed by atoms with van der Waals surface area (Å²) in [5, 5.41) is 6.76. The van der Waals surface area contributed by atoms with Crippen LogP contribution in [0.5, 0.6) is 0 Å². The molecule has 1 saturated carbocycles. The molecule has 0 spiro atoms. The number of nitrogens with zero attached hydrogens (tertiary/aromatic N) is 6. The number of amidine groups is 1. The minimum atomic E-state index is -0.298. The summed E-state index contributed by atoms with van der Waals surface area (Å²) >= 11 is 0. The zero-order chi connectivity index (χ0) is 23.4. The Morgan fingerprint density at radius 3 is 2.67 bits per heavy atom. The molecule has 1 fully saturated rings. The molecule has 1 aromatic carbocycles. The second-order valence-electron chi connectivity index (χ2n) is 7.35. The third-order valence-corrected chi connectivity index (χ3v) is 4.80. The van der Waals surface area contributed by atoms with Gasteiger partial charge in [0.1, 0.15) is 5.69 Å². The van der Waals surface area contributed by atoms with Crippen LogP contribution in [0.4, 0.5) is 17.6 Å². The quantitative estimate of drug-likeness (QED) is 0.203. The number of nitrogens with two attached hydrogens (primary N) is 2. The molecule has 0 bridgehead atoms. The van der Waals surface area contributed by atoms with Crippen LogP contribution in [0.3, 0.4) is 0 Å². The highest BCUT2D eigenvalue weighted by molar-refractivity contribution is 5.97. The molecule has 0 atom stereocenters. The Labute approximate surface area is 190 Å². The maximum atomic E-state index is 12.5. The molecule has 3 aromatic rings. The summed E-state index contributed by atoms with van der Waals surface area (Å²) in [5.74, 6) is -0.0518. The number of anilines is 3. The lowest BCUT2D eigenvalue weighted by molar-refractivity contribution is 0.0945. The number of hydrogen-bond donors (Lipinski definition) is 3. The van der Waals surface area contributed by atoms with Crippen LogP contribution in [0.25, 0.3) is 5.76 Å². The molecule has 11 nitrogen and oxygen atoms in total. The van der Waals surface area contributed by atoms with E-state index in [9.17, 15) is 4.79 Å². The van der Waals surface area contributed by atoms with E-state index in [1.165, 1.54) is 6.20 Å². The monoisotopic (exact) mass is 445 g/mol. The first-order chi connectivity index (χ1) is 15.9.